The van der Waals surface area contributed by atoms with E-state index in [0.717, 1.165) is 16.9 Å². The third-order valence-electron chi connectivity index (χ3n) is 4.16. The molecule has 1 N–H and O–H groups in total. The molecule has 0 heterocycles. The normalized spacial score (nSPS) is 11.7. The number of halogens is 2. The zero-order valence-corrected chi connectivity index (χ0v) is 18.3. The third kappa shape index (κ3) is 7.04. The molecule has 0 unspecified atom stereocenters. The van der Waals surface area contributed by atoms with E-state index in [2.05, 4.69) is 5.32 Å². The average molecular weight is 439 g/mol. The summed E-state index contributed by atoms with van der Waals surface area (Å²) in [6.45, 7) is 4.68. The fourth-order valence-electron chi connectivity index (χ4n) is 2.52. The second-order valence-corrected chi connectivity index (χ2v) is 8.28. The minimum atomic E-state index is -0.569. The topological polar surface area (TPSA) is 49.4 Å². The molecular weight excluding hydrogens is 415 g/mol. The predicted octanol–water partition coefficient (Wildman–Crippen LogP) is 5.03. The van der Waals surface area contributed by atoms with Crippen molar-refractivity contribution in [2.45, 2.75) is 37.8 Å². The van der Waals surface area contributed by atoms with Crippen molar-refractivity contribution in [1.82, 2.24) is 10.2 Å². The van der Waals surface area contributed by atoms with Gasteiger partial charge in [-0.1, -0.05) is 42.3 Å². The first kappa shape index (κ1) is 22.6. The van der Waals surface area contributed by atoms with Gasteiger partial charge in [-0.2, -0.15) is 0 Å². The summed E-state index contributed by atoms with van der Waals surface area (Å²) in [5, 5.41) is 4.15. The summed E-state index contributed by atoms with van der Waals surface area (Å²) in [4.78, 5) is 28.0. The van der Waals surface area contributed by atoms with Gasteiger partial charge < -0.3 is 10.2 Å². The molecule has 0 aromatic heterocycles. The summed E-state index contributed by atoms with van der Waals surface area (Å²) in [7, 11) is 0. The fourth-order valence-corrected chi connectivity index (χ4v) is 3.56. The van der Waals surface area contributed by atoms with Crippen molar-refractivity contribution in [3.8, 4) is 0 Å². The van der Waals surface area contributed by atoms with Gasteiger partial charge >= 0.3 is 0 Å². The van der Waals surface area contributed by atoms with Gasteiger partial charge in [0.15, 0.2) is 0 Å². The van der Waals surface area contributed by atoms with Crippen molar-refractivity contribution >= 4 is 46.8 Å². The number of amides is 2. The van der Waals surface area contributed by atoms with E-state index in [-0.39, 0.29) is 17.6 Å². The van der Waals surface area contributed by atoms with Crippen LogP contribution in [-0.2, 0) is 16.1 Å². The van der Waals surface area contributed by atoms with Gasteiger partial charge in [-0.3, -0.25) is 9.59 Å². The Balaban J connectivity index is 2.10. The number of nitrogens with one attached hydrogen (secondary N) is 1. The Morgan fingerprint density at radius 3 is 2.18 bits per heavy atom. The summed E-state index contributed by atoms with van der Waals surface area (Å²) < 4.78 is 0. The average Bonchev–Trinajstić information content (AvgIpc) is 2.70. The molecule has 4 nitrogen and oxygen atoms in total. The monoisotopic (exact) mass is 438 g/mol. The van der Waals surface area contributed by atoms with Gasteiger partial charge in [0, 0.05) is 28.0 Å². The Labute approximate surface area is 180 Å². The molecule has 2 rings (SSSR count). The van der Waals surface area contributed by atoms with Gasteiger partial charge in [0.2, 0.25) is 11.8 Å². The van der Waals surface area contributed by atoms with E-state index in [1.807, 2.05) is 31.2 Å². The van der Waals surface area contributed by atoms with E-state index in [0.29, 0.717) is 23.1 Å². The first-order valence-electron chi connectivity index (χ1n) is 9.10. The van der Waals surface area contributed by atoms with E-state index in [1.165, 1.54) is 11.8 Å². The lowest BCUT2D eigenvalue weighted by Crippen LogP contribution is -2.48. The lowest BCUT2D eigenvalue weighted by atomic mass is 10.1. The minimum absolute atomic E-state index is 0.103. The van der Waals surface area contributed by atoms with Crippen LogP contribution in [0.1, 0.15) is 25.8 Å². The number of hydrogen-bond acceptors (Lipinski definition) is 3. The minimum Gasteiger partial charge on any atom is -0.354 e. The van der Waals surface area contributed by atoms with E-state index in [4.69, 9.17) is 23.2 Å². The van der Waals surface area contributed by atoms with Gasteiger partial charge in [-0.05, 0) is 55.3 Å². The van der Waals surface area contributed by atoms with Crippen molar-refractivity contribution in [3.05, 3.63) is 64.1 Å². The number of carbonyl (C=O) groups is 2. The molecule has 0 saturated carbocycles. The number of hydrogen-bond donors (Lipinski definition) is 1. The maximum Gasteiger partial charge on any atom is 0.242 e. The van der Waals surface area contributed by atoms with Gasteiger partial charge in [-0.25, -0.2) is 0 Å². The number of benzene rings is 2. The van der Waals surface area contributed by atoms with Crippen LogP contribution >= 0.6 is 35.0 Å². The Morgan fingerprint density at radius 1 is 1.04 bits per heavy atom. The SMILES string of the molecule is CCCNC(=O)[C@H](C)N(Cc1ccc(Cl)cc1)C(=O)CSc1ccc(Cl)cc1. The Hall–Kier alpha value is -1.69. The molecule has 0 aliphatic carbocycles. The molecule has 0 fully saturated rings. The molecule has 150 valence electrons. The van der Waals surface area contributed by atoms with E-state index >= 15 is 0 Å². The number of rotatable bonds is 9. The molecule has 0 spiro atoms. The van der Waals surface area contributed by atoms with Crippen molar-refractivity contribution in [2.24, 2.45) is 0 Å². The third-order valence-corrected chi connectivity index (χ3v) is 5.66. The molecule has 28 heavy (non-hydrogen) atoms. The van der Waals surface area contributed by atoms with Crippen LogP contribution in [0.3, 0.4) is 0 Å². The molecule has 0 saturated heterocycles. The maximum absolute atomic E-state index is 12.9. The maximum atomic E-state index is 12.9. The van der Waals surface area contributed by atoms with E-state index in [1.54, 1.807) is 36.1 Å². The highest BCUT2D eigenvalue weighted by Crippen LogP contribution is 2.22. The molecule has 2 aromatic carbocycles. The van der Waals surface area contributed by atoms with Crippen LogP contribution in [-0.4, -0.2) is 35.1 Å². The van der Waals surface area contributed by atoms with Crippen LogP contribution in [0.5, 0.6) is 0 Å². The molecule has 0 aliphatic heterocycles. The van der Waals surface area contributed by atoms with Crippen molar-refractivity contribution in [2.75, 3.05) is 12.3 Å². The highest BCUT2D eigenvalue weighted by Gasteiger charge is 2.25. The summed E-state index contributed by atoms with van der Waals surface area (Å²) in [5.74, 6) is -0.0182. The predicted molar refractivity (Wildman–Crippen MR) is 117 cm³/mol. The Morgan fingerprint density at radius 2 is 1.61 bits per heavy atom. The standard InChI is InChI=1S/C21H24Cl2N2O2S/c1-3-12-24-21(27)15(2)25(13-16-4-6-17(22)7-5-16)20(26)14-28-19-10-8-18(23)9-11-19/h4-11,15H,3,12-14H2,1-2H3,(H,24,27)/t15-/m0/s1. The first-order chi connectivity index (χ1) is 13.4. The molecule has 0 radical (unpaired) electrons. The van der Waals surface area contributed by atoms with Crippen LogP contribution in [0.4, 0.5) is 0 Å². The molecule has 7 heteroatoms. The quantitative estimate of drug-likeness (QED) is 0.558. The van der Waals surface area contributed by atoms with Gasteiger partial charge in [0.25, 0.3) is 0 Å². The number of thioether (sulfide) groups is 1. The molecule has 2 aromatic rings. The van der Waals surface area contributed by atoms with Crippen LogP contribution in [0.25, 0.3) is 0 Å². The fraction of sp³-hybridized carbons (Fsp3) is 0.333. The second-order valence-electron chi connectivity index (χ2n) is 6.36. The number of nitrogens with zero attached hydrogens (tertiary/aromatic N) is 1. The van der Waals surface area contributed by atoms with E-state index in [9.17, 15) is 9.59 Å². The lowest BCUT2D eigenvalue weighted by Gasteiger charge is -2.28. The van der Waals surface area contributed by atoms with Crippen LogP contribution in [0.2, 0.25) is 10.0 Å². The van der Waals surface area contributed by atoms with E-state index < -0.39 is 6.04 Å². The van der Waals surface area contributed by atoms with Crippen molar-refractivity contribution in [1.29, 1.82) is 0 Å². The molecular formula is C21H24Cl2N2O2S. The zero-order chi connectivity index (χ0) is 20.5. The first-order valence-corrected chi connectivity index (χ1v) is 10.8. The summed E-state index contributed by atoms with van der Waals surface area (Å²) >= 11 is 13.3. The number of carbonyl (C=O) groups excluding carboxylic acids is 2. The smallest absolute Gasteiger partial charge is 0.242 e. The largest absolute Gasteiger partial charge is 0.354 e. The van der Waals surface area contributed by atoms with Crippen LogP contribution in [0, 0.1) is 0 Å². The van der Waals surface area contributed by atoms with Gasteiger partial charge in [0.1, 0.15) is 6.04 Å². The zero-order valence-electron chi connectivity index (χ0n) is 16.0. The summed E-state index contributed by atoms with van der Waals surface area (Å²) in [6, 6.07) is 14.1. The lowest BCUT2D eigenvalue weighted by molar-refractivity contribution is -0.138. The van der Waals surface area contributed by atoms with Gasteiger partial charge in [0.05, 0.1) is 5.75 Å². The van der Waals surface area contributed by atoms with Crippen LogP contribution in [0.15, 0.2) is 53.4 Å². The highest BCUT2D eigenvalue weighted by molar-refractivity contribution is 8.00. The Bertz CT molecular complexity index is 782. The molecule has 0 bridgehead atoms. The van der Waals surface area contributed by atoms with Gasteiger partial charge in [-0.15, -0.1) is 11.8 Å². The Kier molecular flexibility index (Phi) is 9.16. The molecule has 2 amide bonds. The van der Waals surface area contributed by atoms with Crippen molar-refractivity contribution in [3.63, 3.8) is 0 Å². The highest BCUT2D eigenvalue weighted by atomic mass is 35.5. The van der Waals surface area contributed by atoms with Crippen molar-refractivity contribution < 1.29 is 9.59 Å². The van der Waals surface area contributed by atoms with Crippen LogP contribution < -0.4 is 5.32 Å². The molecule has 1 atom stereocenters. The summed E-state index contributed by atoms with van der Waals surface area (Å²) in [6.07, 6.45) is 0.843. The molecule has 0 aliphatic rings. The summed E-state index contributed by atoms with van der Waals surface area (Å²) in [5.41, 5.74) is 0.921. The second kappa shape index (κ2) is 11.3.